The monoisotopic (exact) mass is 452 g/mol. The number of phosphoric acid groups is 1. The van der Waals surface area contributed by atoms with Crippen molar-refractivity contribution in [2.24, 2.45) is 0 Å². The lowest BCUT2D eigenvalue weighted by molar-refractivity contribution is -0.131. The Morgan fingerprint density at radius 3 is 2.19 bits per heavy atom. The van der Waals surface area contributed by atoms with E-state index in [1.54, 1.807) is 32.0 Å². The number of carbonyl (C=O) groups is 2. The molecule has 0 saturated carbocycles. The zero-order chi connectivity index (χ0) is 22.9. The lowest BCUT2D eigenvalue weighted by atomic mass is 10.2. The topological polar surface area (TPSA) is 107 Å². The Morgan fingerprint density at radius 1 is 0.903 bits per heavy atom. The molecule has 2 aromatic rings. The van der Waals surface area contributed by atoms with E-state index in [4.69, 9.17) is 27.8 Å². The Bertz CT molecular complexity index is 948. The molecule has 0 amide bonds. The molecule has 0 N–H and O–H groups in total. The van der Waals surface area contributed by atoms with Crippen molar-refractivity contribution in [2.75, 3.05) is 20.3 Å². The number of hydrogen-bond acceptors (Lipinski definition) is 9. The third-order valence-corrected chi connectivity index (χ3v) is 5.38. The van der Waals surface area contributed by atoms with Crippen LogP contribution in [0.3, 0.4) is 0 Å². The number of hydrogen-bond donors (Lipinski definition) is 0. The fraction of sp³-hybridized carbons (Fsp3) is 0.333. The van der Waals surface area contributed by atoms with Crippen molar-refractivity contribution in [1.29, 1.82) is 0 Å². The average Bonchev–Trinajstić information content (AvgIpc) is 2.73. The molecule has 0 aromatic heterocycles. The molecule has 0 aliphatic carbocycles. The summed E-state index contributed by atoms with van der Waals surface area (Å²) in [5, 5.41) is 0. The van der Waals surface area contributed by atoms with E-state index in [1.165, 1.54) is 38.3 Å². The van der Waals surface area contributed by atoms with Crippen LogP contribution in [0.2, 0.25) is 0 Å². The second kappa shape index (κ2) is 11.6. The molecule has 9 nitrogen and oxygen atoms in total. The van der Waals surface area contributed by atoms with Gasteiger partial charge in [0.2, 0.25) is 0 Å². The van der Waals surface area contributed by atoms with Gasteiger partial charge in [-0.3, -0.25) is 18.4 Å². The van der Waals surface area contributed by atoms with Crippen molar-refractivity contribution < 1.29 is 41.9 Å². The molecule has 2 aromatic carbocycles. The molecule has 10 heteroatoms. The van der Waals surface area contributed by atoms with Gasteiger partial charge in [-0.1, -0.05) is 12.1 Å². The largest absolute Gasteiger partial charge is 0.496 e. The number of phosphoric ester groups is 1. The van der Waals surface area contributed by atoms with E-state index in [1.807, 2.05) is 0 Å². The van der Waals surface area contributed by atoms with E-state index < -0.39 is 19.8 Å². The number of para-hydroxylation sites is 1. The first-order valence-corrected chi connectivity index (χ1v) is 11.0. The summed E-state index contributed by atoms with van der Waals surface area (Å²) in [5.74, 6) is -0.624. The van der Waals surface area contributed by atoms with Crippen LogP contribution in [0.1, 0.15) is 36.7 Å². The minimum Gasteiger partial charge on any atom is -0.496 e. The first kappa shape index (κ1) is 24.6. The van der Waals surface area contributed by atoms with Gasteiger partial charge < -0.3 is 14.2 Å². The molecule has 2 rings (SSSR count). The van der Waals surface area contributed by atoms with Crippen LogP contribution in [0.25, 0.3) is 0 Å². The first-order valence-electron chi connectivity index (χ1n) is 9.52. The zero-order valence-corrected chi connectivity index (χ0v) is 18.7. The Hall–Kier alpha value is -2.71. The molecule has 168 valence electrons. The number of ether oxygens (including phenoxy) is 3. The Labute approximate surface area is 180 Å². The van der Waals surface area contributed by atoms with Gasteiger partial charge in [-0.2, -0.15) is 0 Å². The van der Waals surface area contributed by atoms with Gasteiger partial charge in [-0.25, -0.2) is 9.36 Å². The van der Waals surface area contributed by atoms with Gasteiger partial charge in [0, 0.05) is 18.6 Å². The number of carbonyl (C=O) groups excluding carboxylic acids is 2. The summed E-state index contributed by atoms with van der Waals surface area (Å²) in [6, 6.07) is 10.8. The predicted octanol–water partition coefficient (Wildman–Crippen LogP) is 4.54. The summed E-state index contributed by atoms with van der Waals surface area (Å²) in [6.45, 7) is 4.82. The van der Waals surface area contributed by atoms with Crippen molar-refractivity contribution in [3.63, 3.8) is 0 Å². The van der Waals surface area contributed by atoms with Crippen LogP contribution in [0, 0.1) is 0 Å². The minimum absolute atomic E-state index is 0.0958. The number of benzene rings is 2. The molecular weight excluding hydrogens is 427 g/mol. The van der Waals surface area contributed by atoms with E-state index in [-0.39, 0.29) is 36.9 Å². The molecular formula is C21H25O9P. The summed E-state index contributed by atoms with van der Waals surface area (Å²) in [4.78, 5) is 23.8. The summed E-state index contributed by atoms with van der Waals surface area (Å²) >= 11 is 0. The van der Waals surface area contributed by atoms with E-state index in [0.29, 0.717) is 11.3 Å². The van der Waals surface area contributed by atoms with Gasteiger partial charge in [-0.15, -0.1) is 0 Å². The van der Waals surface area contributed by atoms with Crippen LogP contribution in [0.4, 0.5) is 0 Å². The van der Waals surface area contributed by atoms with Gasteiger partial charge in [0.05, 0.1) is 26.9 Å². The van der Waals surface area contributed by atoms with Crippen molar-refractivity contribution in [3.8, 4) is 17.2 Å². The summed E-state index contributed by atoms with van der Waals surface area (Å²) in [5.41, 5.74) is 0.640. The normalized spacial score (nSPS) is 11.1. The smallest absolute Gasteiger partial charge is 0.475 e. The second-order valence-electron chi connectivity index (χ2n) is 6.01. The molecule has 0 unspecified atom stereocenters. The molecule has 0 radical (unpaired) electrons. The second-order valence-corrected chi connectivity index (χ2v) is 7.68. The third kappa shape index (κ3) is 7.18. The van der Waals surface area contributed by atoms with E-state index >= 15 is 0 Å². The van der Waals surface area contributed by atoms with E-state index in [2.05, 4.69) is 0 Å². The molecule has 0 aliphatic heterocycles. The molecule has 31 heavy (non-hydrogen) atoms. The number of esters is 2. The van der Waals surface area contributed by atoms with Crippen LogP contribution < -0.4 is 14.2 Å². The van der Waals surface area contributed by atoms with Crippen LogP contribution >= 0.6 is 7.82 Å². The highest BCUT2D eigenvalue weighted by atomic mass is 31.2. The van der Waals surface area contributed by atoms with E-state index in [0.717, 1.165) is 0 Å². The third-order valence-electron chi connectivity index (χ3n) is 3.78. The van der Waals surface area contributed by atoms with Gasteiger partial charge in [0.15, 0.2) is 0 Å². The van der Waals surface area contributed by atoms with Crippen molar-refractivity contribution >= 4 is 19.8 Å². The molecule has 0 fully saturated rings. The quantitative estimate of drug-likeness (QED) is 0.276. The molecule has 0 heterocycles. The fourth-order valence-corrected chi connectivity index (χ4v) is 3.68. The maximum Gasteiger partial charge on any atom is 0.475 e. The van der Waals surface area contributed by atoms with Gasteiger partial charge in [0.25, 0.3) is 0 Å². The van der Waals surface area contributed by atoms with E-state index in [9.17, 15) is 14.2 Å². The number of rotatable bonds is 11. The molecule has 0 spiro atoms. The lowest BCUT2D eigenvalue weighted by Gasteiger charge is -2.17. The van der Waals surface area contributed by atoms with Crippen LogP contribution in [0.15, 0.2) is 42.5 Å². The lowest BCUT2D eigenvalue weighted by Crippen LogP contribution is -2.12. The fourth-order valence-electron chi connectivity index (χ4n) is 2.53. The van der Waals surface area contributed by atoms with Gasteiger partial charge in [-0.05, 0) is 38.1 Å². The summed E-state index contributed by atoms with van der Waals surface area (Å²) < 4.78 is 43.7. The van der Waals surface area contributed by atoms with Crippen molar-refractivity contribution in [2.45, 2.75) is 27.4 Å². The molecule has 0 atom stereocenters. The predicted molar refractivity (Wildman–Crippen MR) is 111 cm³/mol. The maximum absolute atomic E-state index is 12.6. The first-order chi connectivity index (χ1) is 14.8. The molecule has 0 bridgehead atoms. The summed E-state index contributed by atoms with van der Waals surface area (Å²) in [6.07, 6.45) is 0. The SMILES string of the molecule is CCOP(=O)(OCC)OCc1ccc(OC(=O)c2ccccc2OC(C)=O)cc1OC. The molecule has 0 saturated heterocycles. The maximum atomic E-state index is 12.6. The highest BCUT2D eigenvalue weighted by Gasteiger charge is 2.26. The van der Waals surface area contributed by atoms with Gasteiger partial charge >= 0.3 is 19.8 Å². The van der Waals surface area contributed by atoms with Crippen LogP contribution in [-0.2, 0) is 29.5 Å². The average molecular weight is 452 g/mol. The zero-order valence-electron chi connectivity index (χ0n) is 17.8. The van der Waals surface area contributed by atoms with Crippen LogP contribution in [-0.4, -0.2) is 32.3 Å². The Balaban J connectivity index is 2.16. The van der Waals surface area contributed by atoms with Crippen LogP contribution in [0.5, 0.6) is 17.2 Å². The Kier molecular flexibility index (Phi) is 9.21. The highest BCUT2D eigenvalue weighted by Crippen LogP contribution is 2.50. The standard InChI is InChI=1S/C21H25O9P/c1-5-26-31(24,27-6-2)28-14-16-11-12-17(13-20(16)25-4)30-21(23)18-9-7-8-10-19(18)29-15(3)22/h7-13H,5-6,14H2,1-4H3. The minimum atomic E-state index is -3.69. The highest BCUT2D eigenvalue weighted by molar-refractivity contribution is 7.48. The van der Waals surface area contributed by atoms with Crippen molar-refractivity contribution in [1.82, 2.24) is 0 Å². The number of methoxy groups -OCH3 is 1. The molecule has 0 aliphatic rings. The van der Waals surface area contributed by atoms with Crippen molar-refractivity contribution in [3.05, 3.63) is 53.6 Å². The van der Waals surface area contributed by atoms with Gasteiger partial charge in [0.1, 0.15) is 22.8 Å². The summed E-state index contributed by atoms with van der Waals surface area (Å²) in [7, 11) is -2.25. The Morgan fingerprint density at radius 2 is 1.58 bits per heavy atom.